The van der Waals surface area contributed by atoms with E-state index in [0.717, 1.165) is 16.5 Å². The maximum atomic E-state index is 12.1. The van der Waals surface area contributed by atoms with Crippen LogP contribution < -0.4 is 14.2 Å². The predicted molar refractivity (Wildman–Crippen MR) is 102 cm³/mol. The Morgan fingerprint density at radius 2 is 1.73 bits per heavy atom. The summed E-state index contributed by atoms with van der Waals surface area (Å²) in [5.74, 6) is 0.997. The van der Waals surface area contributed by atoms with E-state index >= 15 is 0 Å². The molecular weight excluding hydrogens is 354 g/mol. The van der Waals surface area contributed by atoms with Crippen LogP contribution in [0.15, 0.2) is 47.9 Å². The lowest BCUT2D eigenvalue weighted by Gasteiger charge is -2.14. The monoisotopic (exact) mass is 377 g/mol. The Hall–Kier alpha value is -2.35. The van der Waals surface area contributed by atoms with Crippen LogP contribution in [0.2, 0.25) is 0 Å². The van der Waals surface area contributed by atoms with Gasteiger partial charge in [-0.05, 0) is 36.3 Å². The number of ether oxygens (including phenoxy) is 2. The van der Waals surface area contributed by atoms with Crippen LogP contribution in [0, 0.1) is 6.92 Å². The smallest absolute Gasteiger partial charge is 0.233 e. The van der Waals surface area contributed by atoms with Gasteiger partial charge in [0.15, 0.2) is 11.5 Å². The molecule has 0 amide bonds. The summed E-state index contributed by atoms with van der Waals surface area (Å²) in [4.78, 5) is 0. The molecule has 2 aromatic carbocycles. The summed E-state index contributed by atoms with van der Waals surface area (Å²) >= 11 is 0. The van der Waals surface area contributed by atoms with Crippen molar-refractivity contribution in [1.82, 2.24) is 4.72 Å². The Bertz CT molecular complexity index is 860. The first kappa shape index (κ1) is 20.0. The van der Waals surface area contributed by atoms with Gasteiger partial charge >= 0.3 is 0 Å². The molecule has 26 heavy (non-hydrogen) atoms. The van der Waals surface area contributed by atoms with Crippen molar-refractivity contribution < 1.29 is 23.0 Å². The van der Waals surface area contributed by atoms with Crippen LogP contribution in [-0.4, -0.2) is 34.3 Å². The van der Waals surface area contributed by atoms with E-state index in [1.807, 2.05) is 31.2 Å². The molecular formula is C19H23NO5S. The van der Waals surface area contributed by atoms with Crippen LogP contribution >= 0.6 is 0 Å². The van der Waals surface area contributed by atoms with E-state index in [1.165, 1.54) is 20.3 Å². The number of aryl methyl sites for hydroxylation is 1. The van der Waals surface area contributed by atoms with E-state index in [0.29, 0.717) is 17.1 Å². The molecule has 0 fully saturated rings. The fraction of sp³-hybridized carbons (Fsp3) is 0.263. The van der Waals surface area contributed by atoms with E-state index in [1.54, 1.807) is 18.2 Å². The standard InChI is InChI=1S/C19H23NO5S/c1-14-4-6-15(7-5-14)10-11-26(22,23)20-13-17(21)16-8-9-18(24-2)19(12-16)25-3/h4-12,17,20-21H,13H2,1-3H3/b11-10+. The molecule has 0 heterocycles. The molecule has 2 aromatic rings. The molecule has 0 saturated carbocycles. The van der Waals surface area contributed by atoms with Gasteiger partial charge in [0.05, 0.1) is 20.3 Å². The zero-order chi connectivity index (χ0) is 19.2. The summed E-state index contributed by atoms with van der Waals surface area (Å²) in [6, 6.07) is 12.4. The minimum Gasteiger partial charge on any atom is -0.493 e. The Kier molecular flexibility index (Phi) is 6.79. The maximum Gasteiger partial charge on any atom is 0.233 e. The second kappa shape index (κ2) is 8.84. The van der Waals surface area contributed by atoms with E-state index in [2.05, 4.69) is 4.72 Å². The highest BCUT2D eigenvalue weighted by Gasteiger charge is 2.14. The number of methoxy groups -OCH3 is 2. The summed E-state index contributed by atoms with van der Waals surface area (Å²) in [5.41, 5.74) is 2.40. The normalized spacial score (nSPS) is 12.9. The number of rotatable bonds is 8. The number of hydrogen-bond acceptors (Lipinski definition) is 5. The SMILES string of the molecule is COc1ccc(C(O)CNS(=O)(=O)/C=C/c2ccc(C)cc2)cc1OC. The molecule has 1 atom stereocenters. The Morgan fingerprint density at radius 3 is 2.35 bits per heavy atom. The van der Waals surface area contributed by atoms with Crippen LogP contribution in [0.25, 0.3) is 6.08 Å². The van der Waals surface area contributed by atoms with Crippen molar-refractivity contribution in [2.75, 3.05) is 20.8 Å². The molecule has 1 unspecified atom stereocenters. The quantitative estimate of drug-likeness (QED) is 0.739. The van der Waals surface area contributed by atoms with Gasteiger partial charge in [0.25, 0.3) is 0 Å². The first-order valence-electron chi connectivity index (χ1n) is 7.99. The molecule has 140 valence electrons. The van der Waals surface area contributed by atoms with Crippen molar-refractivity contribution in [3.63, 3.8) is 0 Å². The molecule has 0 radical (unpaired) electrons. The zero-order valence-electron chi connectivity index (χ0n) is 15.0. The molecule has 2 N–H and O–H groups in total. The van der Waals surface area contributed by atoms with Gasteiger partial charge in [0.2, 0.25) is 10.0 Å². The minimum absolute atomic E-state index is 0.157. The first-order chi connectivity index (χ1) is 12.3. The van der Waals surface area contributed by atoms with Crippen molar-refractivity contribution in [1.29, 1.82) is 0 Å². The third-order valence-corrected chi connectivity index (χ3v) is 4.85. The number of aliphatic hydroxyl groups excluding tert-OH is 1. The summed E-state index contributed by atoms with van der Waals surface area (Å²) in [5, 5.41) is 11.3. The molecule has 7 heteroatoms. The Balaban J connectivity index is 2.01. The molecule has 0 spiro atoms. The molecule has 2 rings (SSSR count). The average Bonchev–Trinajstić information content (AvgIpc) is 2.65. The second-order valence-electron chi connectivity index (χ2n) is 5.74. The minimum atomic E-state index is -3.67. The largest absolute Gasteiger partial charge is 0.493 e. The Labute approximate surface area is 154 Å². The highest BCUT2D eigenvalue weighted by Crippen LogP contribution is 2.29. The van der Waals surface area contributed by atoms with Gasteiger partial charge < -0.3 is 14.6 Å². The number of benzene rings is 2. The second-order valence-corrected chi connectivity index (χ2v) is 7.39. The maximum absolute atomic E-state index is 12.1. The number of aliphatic hydroxyl groups is 1. The van der Waals surface area contributed by atoms with Crippen molar-refractivity contribution in [3.8, 4) is 11.5 Å². The van der Waals surface area contributed by atoms with E-state index in [4.69, 9.17) is 9.47 Å². The molecule has 0 aromatic heterocycles. The summed E-state index contributed by atoms with van der Waals surface area (Å²) in [6.07, 6.45) is 0.488. The van der Waals surface area contributed by atoms with Gasteiger partial charge in [-0.1, -0.05) is 35.9 Å². The van der Waals surface area contributed by atoms with Gasteiger partial charge in [-0.25, -0.2) is 13.1 Å². The highest BCUT2D eigenvalue weighted by molar-refractivity contribution is 7.92. The van der Waals surface area contributed by atoms with E-state index in [-0.39, 0.29) is 6.54 Å². The third kappa shape index (κ3) is 5.59. The topological polar surface area (TPSA) is 84.9 Å². The van der Waals surface area contributed by atoms with Gasteiger partial charge in [-0.3, -0.25) is 0 Å². The number of nitrogens with one attached hydrogen (secondary N) is 1. The lowest BCUT2D eigenvalue weighted by molar-refractivity contribution is 0.181. The molecule has 0 saturated heterocycles. The van der Waals surface area contributed by atoms with Crippen LogP contribution in [0.5, 0.6) is 11.5 Å². The van der Waals surface area contributed by atoms with Crippen LogP contribution in [-0.2, 0) is 10.0 Å². The summed E-state index contributed by atoms with van der Waals surface area (Å²) in [7, 11) is -0.659. The van der Waals surface area contributed by atoms with E-state index in [9.17, 15) is 13.5 Å². The molecule has 0 aliphatic rings. The van der Waals surface area contributed by atoms with Crippen molar-refractivity contribution in [2.45, 2.75) is 13.0 Å². The first-order valence-corrected chi connectivity index (χ1v) is 9.53. The fourth-order valence-electron chi connectivity index (χ4n) is 2.27. The summed E-state index contributed by atoms with van der Waals surface area (Å²) < 4.78 is 36.8. The van der Waals surface area contributed by atoms with E-state index < -0.39 is 16.1 Å². The van der Waals surface area contributed by atoms with Crippen LogP contribution in [0.4, 0.5) is 0 Å². The lowest BCUT2D eigenvalue weighted by Crippen LogP contribution is -2.26. The van der Waals surface area contributed by atoms with Gasteiger partial charge in [0.1, 0.15) is 0 Å². The predicted octanol–water partition coefficient (Wildman–Crippen LogP) is 2.64. The lowest BCUT2D eigenvalue weighted by atomic mass is 10.1. The Morgan fingerprint density at radius 1 is 1.08 bits per heavy atom. The number of sulfonamides is 1. The summed E-state index contributed by atoms with van der Waals surface area (Å²) in [6.45, 7) is 1.80. The number of hydrogen-bond donors (Lipinski definition) is 2. The van der Waals surface area contributed by atoms with Gasteiger partial charge in [-0.15, -0.1) is 0 Å². The van der Waals surface area contributed by atoms with Crippen LogP contribution in [0.1, 0.15) is 22.8 Å². The van der Waals surface area contributed by atoms with Gasteiger partial charge in [0, 0.05) is 12.0 Å². The van der Waals surface area contributed by atoms with Crippen molar-refractivity contribution in [3.05, 3.63) is 64.6 Å². The average molecular weight is 377 g/mol. The van der Waals surface area contributed by atoms with Gasteiger partial charge in [-0.2, -0.15) is 0 Å². The fourth-order valence-corrected chi connectivity index (χ4v) is 3.09. The highest BCUT2D eigenvalue weighted by atomic mass is 32.2. The van der Waals surface area contributed by atoms with Crippen molar-refractivity contribution in [2.24, 2.45) is 0 Å². The van der Waals surface area contributed by atoms with Crippen LogP contribution in [0.3, 0.4) is 0 Å². The molecule has 0 bridgehead atoms. The molecule has 0 aliphatic carbocycles. The zero-order valence-corrected chi connectivity index (χ0v) is 15.8. The molecule has 6 nitrogen and oxygen atoms in total. The van der Waals surface area contributed by atoms with Crippen molar-refractivity contribution >= 4 is 16.1 Å². The molecule has 0 aliphatic heterocycles. The third-order valence-electron chi connectivity index (χ3n) is 3.79.